The predicted molar refractivity (Wildman–Crippen MR) is 156 cm³/mol. The summed E-state index contributed by atoms with van der Waals surface area (Å²) in [5.41, 5.74) is 2.24. The normalized spacial score (nSPS) is 12.4. The molecule has 9 nitrogen and oxygen atoms in total. The summed E-state index contributed by atoms with van der Waals surface area (Å²) in [7, 11) is 0. The molecule has 41 heavy (non-hydrogen) atoms. The molecule has 3 aromatic rings. The van der Waals surface area contributed by atoms with Crippen molar-refractivity contribution in [2.75, 3.05) is 11.9 Å². The minimum atomic E-state index is -1.39. The van der Waals surface area contributed by atoms with Crippen molar-refractivity contribution in [3.05, 3.63) is 95.1 Å². The van der Waals surface area contributed by atoms with Crippen molar-refractivity contribution >= 4 is 23.6 Å². The van der Waals surface area contributed by atoms with Gasteiger partial charge in [0.05, 0.1) is 6.07 Å². The zero-order valence-corrected chi connectivity index (χ0v) is 24.0. The van der Waals surface area contributed by atoms with Gasteiger partial charge in [-0.1, -0.05) is 66.7 Å². The van der Waals surface area contributed by atoms with E-state index < -0.39 is 42.1 Å². The van der Waals surface area contributed by atoms with E-state index in [9.17, 15) is 24.8 Å². The summed E-state index contributed by atoms with van der Waals surface area (Å²) in [6.07, 6.45) is -0.741. The van der Waals surface area contributed by atoms with E-state index in [1.807, 2.05) is 44.2 Å². The Labute approximate surface area is 240 Å². The number of nitriles is 1. The van der Waals surface area contributed by atoms with E-state index >= 15 is 0 Å². The van der Waals surface area contributed by atoms with Crippen LogP contribution in [0.5, 0.6) is 5.75 Å². The average Bonchev–Trinajstić information content (AvgIpc) is 2.90. The lowest BCUT2D eigenvalue weighted by Crippen LogP contribution is -2.53. The van der Waals surface area contributed by atoms with Gasteiger partial charge in [-0.25, -0.2) is 4.79 Å². The molecule has 3 rings (SSSR count). The molecule has 0 saturated heterocycles. The number of amides is 3. The summed E-state index contributed by atoms with van der Waals surface area (Å²) in [6.45, 7) is 8.31. The lowest BCUT2D eigenvalue weighted by molar-refractivity contribution is -0.140. The second kappa shape index (κ2) is 13.5. The second-order valence-corrected chi connectivity index (χ2v) is 10.7. The van der Waals surface area contributed by atoms with Gasteiger partial charge in [0.25, 0.3) is 5.91 Å². The van der Waals surface area contributed by atoms with Gasteiger partial charge in [0.1, 0.15) is 30.0 Å². The molecule has 0 heterocycles. The van der Waals surface area contributed by atoms with Gasteiger partial charge in [-0.3, -0.25) is 9.59 Å². The van der Waals surface area contributed by atoms with Crippen LogP contribution in [0.1, 0.15) is 49.1 Å². The first-order chi connectivity index (χ1) is 19.4. The number of aromatic hydroxyl groups is 1. The number of anilines is 1. The first-order valence-electron chi connectivity index (χ1n) is 13.3. The summed E-state index contributed by atoms with van der Waals surface area (Å²) < 4.78 is 5.41. The maximum absolute atomic E-state index is 14.2. The molecule has 0 spiro atoms. The summed E-state index contributed by atoms with van der Waals surface area (Å²) in [4.78, 5) is 42.0. The zero-order valence-electron chi connectivity index (χ0n) is 24.0. The molecule has 0 saturated carbocycles. The van der Waals surface area contributed by atoms with E-state index in [2.05, 4.69) is 10.6 Å². The lowest BCUT2D eigenvalue weighted by atomic mass is 9.99. The molecule has 0 radical (unpaired) electrons. The number of phenolic OH excluding ortho intramolecular Hbond substituents is 1. The van der Waals surface area contributed by atoms with Crippen molar-refractivity contribution in [2.24, 2.45) is 0 Å². The number of phenols is 1. The van der Waals surface area contributed by atoms with Crippen LogP contribution in [-0.2, 0) is 20.7 Å². The van der Waals surface area contributed by atoms with Crippen LogP contribution >= 0.6 is 0 Å². The third-order valence-electron chi connectivity index (χ3n) is 6.32. The van der Waals surface area contributed by atoms with Crippen LogP contribution in [0.15, 0.2) is 72.8 Å². The Kier molecular flexibility index (Phi) is 10.1. The molecule has 9 heteroatoms. The number of carbonyl (C=O) groups is 3. The van der Waals surface area contributed by atoms with Gasteiger partial charge in [-0.2, -0.15) is 5.26 Å². The van der Waals surface area contributed by atoms with E-state index in [0.717, 1.165) is 21.6 Å². The van der Waals surface area contributed by atoms with E-state index in [0.29, 0.717) is 5.69 Å². The highest BCUT2D eigenvalue weighted by Gasteiger charge is 2.37. The standard InChI is InChI=1S/C32H36N4O5/c1-21-12-11-13-22(2)27(21)35-29(38)28(24-16-9-10-17-26(24)37)36(19-18-33)30(39)25(20-23-14-7-6-8-15-23)34-31(40)41-32(3,4)5/h6-17,25,28,37H,19-20H2,1-5H3,(H,34,40)(H,35,38). The first kappa shape index (κ1) is 30.7. The van der Waals surface area contributed by atoms with Crippen LogP contribution in [0.4, 0.5) is 10.5 Å². The topological polar surface area (TPSA) is 132 Å². The van der Waals surface area contributed by atoms with Crippen molar-refractivity contribution in [3.8, 4) is 11.8 Å². The van der Waals surface area contributed by atoms with Crippen molar-refractivity contribution in [2.45, 2.75) is 58.7 Å². The molecular formula is C32H36N4O5. The fourth-order valence-corrected chi connectivity index (χ4v) is 4.45. The Hall–Kier alpha value is -4.84. The molecule has 214 valence electrons. The fraction of sp³-hybridized carbons (Fsp3) is 0.312. The molecule has 3 N–H and O–H groups in total. The number of nitrogens with zero attached hydrogens (tertiary/aromatic N) is 2. The molecule has 2 atom stereocenters. The molecule has 0 aromatic heterocycles. The summed E-state index contributed by atoms with van der Waals surface area (Å²) >= 11 is 0. The first-order valence-corrected chi connectivity index (χ1v) is 13.3. The highest BCUT2D eigenvalue weighted by Crippen LogP contribution is 2.32. The Morgan fingerprint density at radius 3 is 2.15 bits per heavy atom. The monoisotopic (exact) mass is 556 g/mol. The van der Waals surface area contributed by atoms with Gasteiger partial charge >= 0.3 is 6.09 Å². The van der Waals surface area contributed by atoms with Crippen LogP contribution in [0, 0.1) is 25.2 Å². The number of alkyl carbamates (subject to hydrolysis) is 1. The molecule has 0 fully saturated rings. The van der Waals surface area contributed by atoms with Gasteiger partial charge in [0, 0.05) is 17.7 Å². The molecule has 0 aliphatic carbocycles. The molecule has 0 aliphatic heterocycles. The number of hydrogen-bond acceptors (Lipinski definition) is 6. The summed E-state index contributed by atoms with van der Waals surface area (Å²) in [5, 5.41) is 26.1. The largest absolute Gasteiger partial charge is 0.508 e. The van der Waals surface area contributed by atoms with Crippen LogP contribution in [0.3, 0.4) is 0 Å². The lowest BCUT2D eigenvalue weighted by Gasteiger charge is -2.33. The maximum atomic E-state index is 14.2. The van der Waals surface area contributed by atoms with Crippen molar-refractivity contribution in [1.29, 1.82) is 5.26 Å². The number of nitrogens with one attached hydrogen (secondary N) is 2. The number of benzene rings is 3. The van der Waals surface area contributed by atoms with Crippen LogP contribution < -0.4 is 10.6 Å². The molecule has 2 unspecified atom stereocenters. The maximum Gasteiger partial charge on any atom is 0.408 e. The van der Waals surface area contributed by atoms with Crippen LogP contribution in [0.25, 0.3) is 0 Å². The van der Waals surface area contributed by atoms with Gasteiger partial charge in [0.15, 0.2) is 0 Å². The second-order valence-electron chi connectivity index (χ2n) is 10.7. The number of rotatable bonds is 9. The quantitative estimate of drug-likeness (QED) is 0.311. The van der Waals surface area contributed by atoms with Crippen molar-refractivity contribution in [1.82, 2.24) is 10.2 Å². The van der Waals surface area contributed by atoms with Crippen LogP contribution in [-0.4, -0.2) is 46.1 Å². The average molecular weight is 557 g/mol. The number of carbonyl (C=O) groups excluding carboxylic acids is 3. The SMILES string of the molecule is Cc1cccc(C)c1NC(=O)C(c1ccccc1O)N(CC#N)C(=O)C(Cc1ccccc1)NC(=O)OC(C)(C)C. The highest BCUT2D eigenvalue weighted by atomic mass is 16.6. The van der Waals surface area contributed by atoms with E-state index in [1.54, 1.807) is 57.2 Å². The zero-order chi connectivity index (χ0) is 30.2. The van der Waals surface area contributed by atoms with Crippen LogP contribution in [0.2, 0.25) is 0 Å². The number of ether oxygens (including phenoxy) is 1. The Balaban J connectivity index is 2.08. The molecule has 0 bridgehead atoms. The van der Waals surface area contributed by atoms with Crippen molar-refractivity contribution < 1.29 is 24.2 Å². The Morgan fingerprint density at radius 2 is 1.56 bits per heavy atom. The number of aryl methyl sites for hydroxylation is 2. The Morgan fingerprint density at radius 1 is 0.951 bits per heavy atom. The number of para-hydroxylation sites is 2. The molecule has 3 aromatic carbocycles. The third kappa shape index (κ3) is 8.32. The van der Waals surface area contributed by atoms with Gasteiger partial charge < -0.3 is 25.4 Å². The molecular weight excluding hydrogens is 520 g/mol. The van der Waals surface area contributed by atoms with Crippen molar-refractivity contribution in [3.63, 3.8) is 0 Å². The minimum absolute atomic E-state index is 0.0762. The smallest absolute Gasteiger partial charge is 0.408 e. The summed E-state index contributed by atoms with van der Waals surface area (Å²) in [6, 6.07) is 20.2. The minimum Gasteiger partial charge on any atom is -0.508 e. The van der Waals surface area contributed by atoms with E-state index in [1.165, 1.54) is 12.1 Å². The number of hydrogen-bond donors (Lipinski definition) is 3. The molecule has 0 aliphatic rings. The van der Waals surface area contributed by atoms with E-state index in [-0.39, 0.29) is 17.7 Å². The third-order valence-corrected chi connectivity index (χ3v) is 6.32. The van der Waals surface area contributed by atoms with Gasteiger partial charge in [-0.15, -0.1) is 0 Å². The van der Waals surface area contributed by atoms with Gasteiger partial charge in [0.2, 0.25) is 5.91 Å². The Bertz CT molecular complexity index is 1410. The highest BCUT2D eigenvalue weighted by molar-refractivity contribution is 6.00. The fourth-order valence-electron chi connectivity index (χ4n) is 4.45. The molecule has 3 amide bonds. The van der Waals surface area contributed by atoms with Gasteiger partial charge in [-0.05, 0) is 57.4 Å². The predicted octanol–water partition coefficient (Wildman–Crippen LogP) is 5.18. The summed E-state index contributed by atoms with van der Waals surface area (Å²) in [5.74, 6) is -1.53. The van der Waals surface area contributed by atoms with E-state index in [4.69, 9.17) is 4.74 Å².